The van der Waals surface area contributed by atoms with Crippen LogP contribution in [0.1, 0.15) is 29.6 Å². The first-order chi connectivity index (χ1) is 9.24. The lowest BCUT2D eigenvalue weighted by atomic mass is 10.1. The second-order valence-electron chi connectivity index (χ2n) is 4.89. The Kier molecular flexibility index (Phi) is 3.21. The van der Waals surface area contributed by atoms with Gasteiger partial charge >= 0.3 is 5.97 Å². The Morgan fingerprint density at radius 2 is 2.37 bits per heavy atom. The molecule has 0 amide bonds. The quantitative estimate of drug-likeness (QED) is 0.919. The molecule has 0 saturated carbocycles. The average molecular weight is 260 g/mol. The van der Waals surface area contributed by atoms with Gasteiger partial charge in [0.1, 0.15) is 0 Å². The molecule has 2 aromatic rings. The van der Waals surface area contributed by atoms with Crippen LogP contribution in [-0.4, -0.2) is 33.3 Å². The van der Waals surface area contributed by atoms with Crippen LogP contribution in [0.5, 0.6) is 0 Å². The summed E-state index contributed by atoms with van der Waals surface area (Å²) in [7, 11) is 0. The second kappa shape index (κ2) is 5.01. The summed E-state index contributed by atoms with van der Waals surface area (Å²) in [6.07, 6.45) is 5.43. The molecule has 1 atom stereocenters. The van der Waals surface area contributed by atoms with Crippen molar-refractivity contribution in [1.29, 1.82) is 0 Å². The molecule has 1 aliphatic heterocycles. The summed E-state index contributed by atoms with van der Waals surface area (Å²) in [6.45, 7) is 1.61. The summed E-state index contributed by atoms with van der Waals surface area (Å²) in [6, 6.07) is 5.04. The first kappa shape index (κ1) is 12.2. The van der Waals surface area contributed by atoms with E-state index in [1.807, 2.05) is 10.6 Å². The Bertz CT molecular complexity index is 600. The summed E-state index contributed by atoms with van der Waals surface area (Å²) in [5.74, 6) is -0.924. The molecular weight excluding hydrogens is 244 g/mol. The lowest BCUT2D eigenvalue weighted by molar-refractivity contribution is 0.00660. The van der Waals surface area contributed by atoms with Gasteiger partial charge in [-0.1, -0.05) is 0 Å². The van der Waals surface area contributed by atoms with E-state index in [0.717, 1.165) is 37.0 Å². The summed E-state index contributed by atoms with van der Waals surface area (Å²) in [5, 5.41) is 8.96. The number of benzene rings is 1. The molecule has 5 nitrogen and oxygen atoms in total. The maximum Gasteiger partial charge on any atom is 0.335 e. The zero-order valence-corrected chi connectivity index (χ0v) is 10.6. The van der Waals surface area contributed by atoms with E-state index >= 15 is 0 Å². The van der Waals surface area contributed by atoms with Crippen LogP contribution in [0.2, 0.25) is 0 Å². The summed E-state index contributed by atoms with van der Waals surface area (Å²) < 4.78 is 7.76. The highest BCUT2D eigenvalue weighted by Gasteiger charge is 2.16. The number of hydrogen-bond acceptors (Lipinski definition) is 3. The number of hydrogen-bond donors (Lipinski definition) is 1. The molecule has 2 heterocycles. The highest BCUT2D eigenvalue weighted by Crippen LogP contribution is 2.19. The van der Waals surface area contributed by atoms with Gasteiger partial charge in [-0.3, -0.25) is 0 Å². The third kappa shape index (κ3) is 2.46. The van der Waals surface area contributed by atoms with E-state index in [1.165, 1.54) is 6.42 Å². The lowest BCUT2D eigenvalue weighted by Gasteiger charge is -2.23. The first-order valence-electron chi connectivity index (χ1n) is 6.54. The van der Waals surface area contributed by atoms with Crippen molar-refractivity contribution in [2.75, 3.05) is 6.61 Å². The maximum absolute atomic E-state index is 10.9. The molecule has 1 fully saturated rings. The number of rotatable bonds is 3. The minimum absolute atomic E-state index is 0.241. The standard InChI is InChI=1S/C14H16N2O3/c17-14(18)10-4-5-13-12(7-10)15-9-16(13)8-11-3-1-2-6-19-11/h4-5,7,9,11H,1-3,6,8H2,(H,17,18). The molecular formula is C14H16N2O3. The minimum Gasteiger partial charge on any atom is -0.478 e. The fraction of sp³-hybridized carbons (Fsp3) is 0.429. The van der Waals surface area contributed by atoms with Crippen molar-refractivity contribution in [3.05, 3.63) is 30.1 Å². The van der Waals surface area contributed by atoms with E-state index in [9.17, 15) is 4.79 Å². The van der Waals surface area contributed by atoms with Crippen molar-refractivity contribution in [2.45, 2.75) is 31.9 Å². The molecule has 0 bridgehead atoms. The van der Waals surface area contributed by atoms with E-state index < -0.39 is 5.97 Å². The van der Waals surface area contributed by atoms with Gasteiger partial charge in [-0.15, -0.1) is 0 Å². The van der Waals surface area contributed by atoms with Crippen LogP contribution in [0.15, 0.2) is 24.5 Å². The van der Waals surface area contributed by atoms with Crippen molar-refractivity contribution < 1.29 is 14.6 Å². The van der Waals surface area contributed by atoms with Crippen molar-refractivity contribution in [1.82, 2.24) is 9.55 Å². The van der Waals surface area contributed by atoms with Gasteiger partial charge in [-0.05, 0) is 37.5 Å². The van der Waals surface area contributed by atoms with E-state index in [0.29, 0.717) is 0 Å². The normalized spacial score (nSPS) is 19.7. The summed E-state index contributed by atoms with van der Waals surface area (Å²) in [5.41, 5.74) is 1.95. The molecule has 0 spiro atoms. The Morgan fingerprint density at radius 3 is 3.11 bits per heavy atom. The number of carboxylic acids is 1. The average Bonchev–Trinajstić information content (AvgIpc) is 2.82. The number of ether oxygens (including phenoxy) is 1. The van der Waals surface area contributed by atoms with Crippen LogP contribution in [-0.2, 0) is 11.3 Å². The van der Waals surface area contributed by atoms with E-state index in [1.54, 1.807) is 18.5 Å². The molecule has 5 heteroatoms. The van der Waals surface area contributed by atoms with Gasteiger partial charge in [0.15, 0.2) is 0 Å². The molecule has 19 heavy (non-hydrogen) atoms. The third-order valence-corrected chi connectivity index (χ3v) is 3.54. The van der Waals surface area contributed by atoms with Crippen LogP contribution < -0.4 is 0 Å². The van der Waals surface area contributed by atoms with Crippen LogP contribution >= 0.6 is 0 Å². The predicted octanol–water partition coefficient (Wildman–Crippen LogP) is 2.30. The number of aromatic nitrogens is 2. The largest absolute Gasteiger partial charge is 0.478 e. The Hall–Kier alpha value is -1.88. The minimum atomic E-state index is -0.924. The van der Waals surface area contributed by atoms with Gasteiger partial charge in [0.2, 0.25) is 0 Å². The van der Waals surface area contributed by atoms with Crippen molar-refractivity contribution >= 4 is 17.0 Å². The number of carboxylic acid groups (broad SMARTS) is 1. The number of carbonyl (C=O) groups is 1. The molecule has 0 radical (unpaired) electrons. The highest BCUT2D eigenvalue weighted by molar-refractivity contribution is 5.92. The van der Waals surface area contributed by atoms with Crippen molar-refractivity contribution in [3.63, 3.8) is 0 Å². The Balaban J connectivity index is 1.86. The third-order valence-electron chi connectivity index (χ3n) is 3.54. The van der Waals surface area contributed by atoms with E-state index in [2.05, 4.69) is 4.98 Å². The second-order valence-corrected chi connectivity index (χ2v) is 4.89. The van der Waals surface area contributed by atoms with Crippen molar-refractivity contribution in [3.8, 4) is 0 Å². The molecule has 100 valence electrons. The molecule has 1 aromatic heterocycles. The van der Waals surface area contributed by atoms with Gasteiger partial charge in [0.05, 0.1) is 35.6 Å². The smallest absolute Gasteiger partial charge is 0.335 e. The van der Waals surface area contributed by atoms with E-state index in [-0.39, 0.29) is 11.7 Å². The molecule has 0 aliphatic carbocycles. The van der Waals surface area contributed by atoms with Gasteiger partial charge in [-0.2, -0.15) is 0 Å². The monoisotopic (exact) mass is 260 g/mol. The SMILES string of the molecule is O=C(O)c1ccc2c(c1)ncn2CC1CCCCO1. The van der Waals surface area contributed by atoms with Crippen LogP contribution in [0.25, 0.3) is 11.0 Å². The number of aromatic carboxylic acids is 1. The fourth-order valence-electron chi connectivity index (χ4n) is 2.51. The van der Waals surface area contributed by atoms with Crippen LogP contribution in [0.3, 0.4) is 0 Å². The number of fused-ring (bicyclic) bond motifs is 1. The van der Waals surface area contributed by atoms with Crippen LogP contribution in [0, 0.1) is 0 Å². The molecule has 1 N–H and O–H groups in total. The number of imidazole rings is 1. The van der Waals surface area contributed by atoms with Gasteiger partial charge < -0.3 is 14.4 Å². The molecule has 1 saturated heterocycles. The molecule has 3 rings (SSSR count). The van der Waals surface area contributed by atoms with Gasteiger partial charge in [0.25, 0.3) is 0 Å². The van der Waals surface area contributed by atoms with E-state index in [4.69, 9.17) is 9.84 Å². The van der Waals surface area contributed by atoms with Gasteiger partial charge in [0, 0.05) is 6.61 Å². The van der Waals surface area contributed by atoms with Crippen molar-refractivity contribution in [2.24, 2.45) is 0 Å². The Labute approximate surface area is 110 Å². The van der Waals surface area contributed by atoms with Crippen LogP contribution in [0.4, 0.5) is 0 Å². The molecule has 1 aromatic carbocycles. The lowest BCUT2D eigenvalue weighted by Crippen LogP contribution is -2.24. The highest BCUT2D eigenvalue weighted by atomic mass is 16.5. The molecule has 1 unspecified atom stereocenters. The predicted molar refractivity (Wildman–Crippen MR) is 70.3 cm³/mol. The summed E-state index contributed by atoms with van der Waals surface area (Å²) in [4.78, 5) is 15.2. The topological polar surface area (TPSA) is 64.3 Å². The summed E-state index contributed by atoms with van der Waals surface area (Å²) >= 11 is 0. The van der Waals surface area contributed by atoms with Gasteiger partial charge in [-0.25, -0.2) is 9.78 Å². The maximum atomic E-state index is 10.9. The zero-order valence-electron chi connectivity index (χ0n) is 10.6. The molecule has 1 aliphatic rings. The Morgan fingerprint density at radius 1 is 1.47 bits per heavy atom. The fourth-order valence-corrected chi connectivity index (χ4v) is 2.51. The zero-order chi connectivity index (χ0) is 13.2. The first-order valence-corrected chi connectivity index (χ1v) is 6.54. The number of nitrogens with zero attached hydrogens (tertiary/aromatic N) is 2.